The van der Waals surface area contributed by atoms with Gasteiger partial charge in [-0.2, -0.15) is 0 Å². The molecular weight excluding hydrogens is 572 g/mol. The molecule has 0 saturated carbocycles. The molecule has 0 aliphatic carbocycles. The number of hydrogen-bond acceptors (Lipinski definition) is 2. The highest BCUT2D eigenvalue weighted by Crippen LogP contribution is 2.42. The fourth-order valence-electron chi connectivity index (χ4n) is 7.67. The summed E-state index contributed by atoms with van der Waals surface area (Å²) in [5, 5.41) is 30.6. The number of rotatable bonds is 2. The van der Waals surface area contributed by atoms with E-state index in [9.17, 15) is 5.11 Å². The second kappa shape index (κ2) is 9.69. The van der Waals surface area contributed by atoms with Crippen LogP contribution in [0.25, 0.3) is 97.3 Å². The van der Waals surface area contributed by atoms with Crippen molar-refractivity contribution < 1.29 is 9.84 Å². The molecular formula is C45H28O2. The van der Waals surface area contributed by atoms with E-state index in [-0.39, 0.29) is 5.75 Å². The average molecular weight is 601 g/mol. The Morgan fingerprint density at radius 2 is 0.723 bits per heavy atom. The smallest absolute Gasteiger partial charge is 0.165 e. The lowest BCUT2D eigenvalue weighted by Gasteiger charge is -2.13. The first-order valence-corrected chi connectivity index (χ1v) is 16.0. The van der Waals surface area contributed by atoms with Crippen molar-refractivity contribution in [3.05, 3.63) is 146 Å². The van der Waals surface area contributed by atoms with Gasteiger partial charge in [-0.05, 0) is 171 Å². The van der Waals surface area contributed by atoms with Gasteiger partial charge in [0.15, 0.2) is 11.5 Å². The zero-order valence-electron chi connectivity index (χ0n) is 25.7. The van der Waals surface area contributed by atoms with Crippen LogP contribution in [0.15, 0.2) is 146 Å². The van der Waals surface area contributed by atoms with Crippen LogP contribution in [-0.4, -0.2) is 12.2 Å². The third-order valence-electron chi connectivity index (χ3n) is 10.0. The maximum atomic E-state index is 11.0. The molecule has 2 heteroatoms. The molecule has 0 bridgehead atoms. The van der Waals surface area contributed by atoms with Gasteiger partial charge in [-0.3, -0.25) is 0 Å². The van der Waals surface area contributed by atoms with Crippen molar-refractivity contribution in [2.75, 3.05) is 7.11 Å². The molecule has 220 valence electrons. The molecule has 0 aliphatic heterocycles. The Hall–Kier alpha value is -6.12. The summed E-state index contributed by atoms with van der Waals surface area (Å²) in [4.78, 5) is 0. The Morgan fingerprint density at radius 1 is 0.340 bits per heavy atom. The first kappa shape index (κ1) is 26.1. The van der Waals surface area contributed by atoms with Crippen molar-refractivity contribution in [3.8, 4) is 22.6 Å². The van der Waals surface area contributed by atoms with E-state index in [1.54, 1.807) is 13.2 Å². The molecule has 0 aromatic heterocycles. The Balaban J connectivity index is 1.19. The van der Waals surface area contributed by atoms with Crippen molar-refractivity contribution in [2.24, 2.45) is 0 Å². The van der Waals surface area contributed by atoms with E-state index in [1.165, 1.54) is 75.4 Å². The SMILES string of the molecule is COc1cccc(-c2cccc3cc4cc5cc6ccc7cc8cc9cc%10ccccc%10cc9cc8cc7c6cc5cc4cc23)c1O. The Morgan fingerprint density at radius 3 is 1.26 bits per heavy atom. The minimum Gasteiger partial charge on any atom is -0.504 e. The van der Waals surface area contributed by atoms with Crippen LogP contribution in [0.3, 0.4) is 0 Å². The number of benzene rings is 10. The maximum Gasteiger partial charge on any atom is 0.165 e. The number of methoxy groups -OCH3 is 1. The quantitative estimate of drug-likeness (QED) is 0.158. The summed E-state index contributed by atoms with van der Waals surface area (Å²) < 4.78 is 5.41. The zero-order chi connectivity index (χ0) is 31.2. The van der Waals surface area contributed by atoms with E-state index in [0.29, 0.717) is 5.75 Å². The van der Waals surface area contributed by atoms with E-state index in [2.05, 4.69) is 127 Å². The van der Waals surface area contributed by atoms with Crippen LogP contribution in [0.5, 0.6) is 11.5 Å². The highest BCUT2D eigenvalue weighted by atomic mass is 16.5. The second-order valence-corrected chi connectivity index (χ2v) is 12.7. The van der Waals surface area contributed by atoms with Gasteiger partial charge in [0.1, 0.15) is 0 Å². The fourth-order valence-corrected chi connectivity index (χ4v) is 7.67. The first-order valence-electron chi connectivity index (χ1n) is 16.0. The molecule has 10 rings (SSSR count). The molecule has 0 radical (unpaired) electrons. The molecule has 0 amide bonds. The predicted octanol–water partition coefficient (Wildman–Crippen LogP) is 12.3. The molecule has 0 saturated heterocycles. The van der Waals surface area contributed by atoms with Crippen LogP contribution in [-0.2, 0) is 0 Å². The topological polar surface area (TPSA) is 29.5 Å². The molecule has 0 atom stereocenters. The normalized spacial score (nSPS) is 12.0. The summed E-state index contributed by atoms with van der Waals surface area (Å²) in [5.41, 5.74) is 1.75. The van der Waals surface area contributed by atoms with Gasteiger partial charge in [-0.1, -0.05) is 66.7 Å². The van der Waals surface area contributed by atoms with Gasteiger partial charge in [0.2, 0.25) is 0 Å². The van der Waals surface area contributed by atoms with Gasteiger partial charge in [-0.15, -0.1) is 0 Å². The van der Waals surface area contributed by atoms with Crippen LogP contribution in [0.4, 0.5) is 0 Å². The lowest BCUT2D eigenvalue weighted by molar-refractivity contribution is 0.374. The van der Waals surface area contributed by atoms with Crippen molar-refractivity contribution in [1.82, 2.24) is 0 Å². The van der Waals surface area contributed by atoms with E-state index in [1.807, 2.05) is 12.1 Å². The number of phenols is 1. The van der Waals surface area contributed by atoms with Gasteiger partial charge in [0.05, 0.1) is 7.11 Å². The number of phenolic OH excluding ortho intramolecular Hbond substituents is 1. The van der Waals surface area contributed by atoms with E-state index in [4.69, 9.17) is 4.74 Å². The summed E-state index contributed by atoms with van der Waals surface area (Å²) >= 11 is 0. The highest BCUT2D eigenvalue weighted by molar-refractivity contribution is 6.18. The van der Waals surface area contributed by atoms with Gasteiger partial charge >= 0.3 is 0 Å². The van der Waals surface area contributed by atoms with Crippen molar-refractivity contribution >= 4 is 86.2 Å². The Bertz CT molecular complexity index is 2950. The van der Waals surface area contributed by atoms with E-state index in [0.717, 1.165) is 21.9 Å². The van der Waals surface area contributed by atoms with Gasteiger partial charge < -0.3 is 9.84 Å². The minimum absolute atomic E-state index is 0.160. The maximum absolute atomic E-state index is 11.0. The summed E-state index contributed by atoms with van der Waals surface area (Å²) in [6, 6.07) is 52.8. The molecule has 0 aliphatic rings. The van der Waals surface area contributed by atoms with Crippen LogP contribution in [0, 0.1) is 0 Å². The molecule has 47 heavy (non-hydrogen) atoms. The lowest BCUT2D eigenvalue weighted by Crippen LogP contribution is -1.88. The highest BCUT2D eigenvalue weighted by Gasteiger charge is 2.14. The average Bonchev–Trinajstić information content (AvgIpc) is 3.09. The Labute approximate surface area is 270 Å². The summed E-state index contributed by atoms with van der Waals surface area (Å²) in [5.74, 6) is 0.633. The molecule has 1 N–H and O–H groups in total. The van der Waals surface area contributed by atoms with Crippen LogP contribution < -0.4 is 4.74 Å². The number of fused-ring (bicyclic) bond motifs is 9. The van der Waals surface area contributed by atoms with Crippen LogP contribution in [0.1, 0.15) is 0 Å². The molecule has 10 aromatic rings. The largest absolute Gasteiger partial charge is 0.504 e. The summed E-state index contributed by atoms with van der Waals surface area (Å²) in [6.07, 6.45) is 0. The number of para-hydroxylation sites is 1. The van der Waals surface area contributed by atoms with Gasteiger partial charge in [0.25, 0.3) is 0 Å². The predicted molar refractivity (Wildman–Crippen MR) is 200 cm³/mol. The van der Waals surface area contributed by atoms with Crippen LogP contribution >= 0.6 is 0 Å². The summed E-state index contributed by atoms with van der Waals surface area (Å²) in [6.45, 7) is 0. The second-order valence-electron chi connectivity index (χ2n) is 12.7. The van der Waals surface area contributed by atoms with Crippen LogP contribution in [0.2, 0.25) is 0 Å². The third-order valence-corrected chi connectivity index (χ3v) is 10.0. The molecule has 10 aromatic carbocycles. The van der Waals surface area contributed by atoms with Crippen molar-refractivity contribution in [2.45, 2.75) is 0 Å². The zero-order valence-corrected chi connectivity index (χ0v) is 25.7. The lowest BCUT2D eigenvalue weighted by atomic mass is 9.92. The molecule has 2 nitrogen and oxygen atoms in total. The fraction of sp³-hybridized carbons (Fsp3) is 0.0222. The minimum atomic E-state index is 0.160. The van der Waals surface area contributed by atoms with Gasteiger partial charge in [-0.25, -0.2) is 0 Å². The standard InChI is InChI=1S/C45H28O2/c1-47-44-11-5-10-40(45(44)46)39-9-4-8-28-16-33-20-35-18-30-13-12-29-17-34-19-31-14-26-6-2-3-7-27(26)15-32(31)21-36(34)24-42(29)43(30)25-38(35)22-37(33)23-41(28)39/h2-25,46H,1H3. The number of aromatic hydroxyl groups is 1. The van der Waals surface area contributed by atoms with E-state index >= 15 is 0 Å². The van der Waals surface area contributed by atoms with Gasteiger partial charge in [0, 0.05) is 5.56 Å². The van der Waals surface area contributed by atoms with E-state index < -0.39 is 0 Å². The van der Waals surface area contributed by atoms with Crippen molar-refractivity contribution in [1.29, 1.82) is 0 Å². The number of hydrogen-bond donors (Lipinski definition) is 1. The molecule has 0 unspecified atom stereocenters. The molecule has 0 fully saturated rings. The van der Waals surface area contributed by atoms with Crippen molar-refractivity contribution in [3.63, 3.8) is 0 Å². The monoisotopic (exact) mass is 600 g/mol. The third kappa shape index (κ3) is 3.98. The molecule has 0 heterocycles. The Kier molecular flexibility index (Phi) is 5.39. The first-order chi connectivity index (χ1) is 23.1. The summed E-state index contributed by atoms with van der Waals surface area (Å²) in [7, 11) is 1.58. The number of ether oxygens (including phenoxy) is 1. The molecule has 0 spiro atoms.